The molecule has 0 saturated heterocycles. The molecule has 0 spiro atoms. The van der Waals surface area contributed by atoms with Crippen LogP contribution in [0.4, 0.5) is 0 Å². The molecule has 0 amide bonds. The largest absolute Gasteiger partial charge is 0.273 e. The van der Waals surface area contributed by atoms with Crippen LogP contribution in [0.5, 0.6) is 0 Å². The maximum atomic E-state index is 11.7. The van der Waals surface area contributed by atoms with Crippen molar-refractivity contribution in [2.45, 2.75) is 51.7 Å². The molecule has 0 aromatic carbocycles. The fourth-order valence-electron chi connectivity index (χ4n) is 1.56. The van der Waals surface area contributed by atoms with Gasteiger partial charge in [-0.3, -0.25) is 4.18 Å². The maximum Gasteiger partial charge on any atom is 0.273 e. The second-order valence-electron chi connectivity index (χ2n) is 3.10. The highest BCUT2D eigenvalue weighted by atomic mass is 32.2. The summed E-state index contributed by atoms with van der Waals surface area (Å²) in [6.07, 6.45) is 1.84. The fourth-order valence-corrected chi connectivity index (χ4v) is 3.18. The Labute approximate surface area is 81.6 Å². The predicted octanol–water partition coefficient (Wildman–Crippen LogP) is 2.32. The Morgan fingerprint density at radius 3 is 1.62 bits per heavy atom. The number of hydrogen-bond acceptors (Lipinski definition) is 3. The summed E-state index contributed by atoms with van der Waals surface area (Å²) in [6, 6.07) is 0. The Bertz CT molecular complexity index is 219. The molecular weight excluding hydrogens is 188 g/mol. The molecule has 0 N–H and O–H groups in total. The van der Waals surface area contributed by atoms with Gasteiger partial charge in [-0.05, 0) is 26.2 Å². The van der Waals surface area contributed by atoms with Crippen molar-refractivity contribution >= 4 is 10.1 Å². The molecular formula is C9H20O3S. The van der Waals surface area contributed by atoms with Gasteiger partial charge in [0.15, 0.2) is 0 Å². The van der Waals surface area contributed by atoms with Gasteiger partial charge >= 0.3 is 0 Å². The van der Waals surface area contributed by atoms with Gasteiger partial charge in [0, 0.05) is 0 Å². The Morgan fingerprint density at radius 1 is 1.00 bits per heavy atom. The van der Waals surface area contributed by atoms with E-state index in [0.29, 0.717) is 19.3 Å². The topological polar surface area (TPSA) is 43.4 Å². The lowest BCUT2D eigenvalue weighted by Crippen LogP contribution is -2.38. The van der Waals surface area contributed by atoms with Crippen LogP contribution in [0.25, 0.3) is 0 Å². The van der Waals surface area contributed by atoms with Crippen molar-refractivity contribution in [3.05, 3.63) is 0 Å². The third-order valence-corrected chi connectivity index (χ3v) is 5.21. The lowest BCUT2D eigenvalue weighted by molar-refractivity contribution is 0.304. The van der Waals surface area contributed by atoms with Gasteiger partial charge in [0.1, 0.15) is 0 Å². The van der Waals surface area contributed by atoms with Gasteiger partial charge in [-0.1, -0.05) is 20.8 Å². The van der Waals surface area contributed by atoms with Crippen molar-refractivity contribution in [3.8, 4) is 0 Å². The molecule has 0 aliphatic carbocycles. The van der Waals surface area contributed by atoms with Crippen LogP contribution in [0.2, 0.25) is 0 Å². The van der Waals surface area contributed by atoms with Gasteiger partial charge in [-0.25, -0.2) is 0 Å². The van der Waals surface area contributed by atoms with Crippen molar-refractivity contribution in [1.29, 1.82) is 0 Å². The molecule has 0 heterocycles. The first-order chi connectivity index (χ1) is 5.99. The van der Waals surface area contributed by atoms with E-state index in [4.69, 9.17) is 4.18 Å². The first-order valence-corrected chi connectivity index (χ1v) is 6.29. The third-order valence-electron chi connectivity index (χ3n) is 2.74. The summed E-state index contributed by atoms with van der Waals surface area (Å²) in [5, 5.41) is 0. The van der Waals surface area contributed by atoms with Crippen molar-refractivity contribution in [3.63, 3.8) is 0 Å². The second-order valence-corrected chi connectivity index (χ2v) is 5.11. The monoisotopic (exact) mass is 208 g/mol. The normalized spacial score (nSPS) is 13.2. The van der Waals surface area contributed by atoms with Crippen LogP contribution in [-0.4, -0.2) is 19.8 Å². The van der Waals surface area contributed by atoms with Crippen LogP contribution in [0, 0.1) is 0 Å². The van der Waals surface area contributed by atoms with E-state index >= 15 is 0 Å². The standard InChI is InChI=1S/C9H20O3S/c1-5-9(6-2,7-3)13(10,11)12-8-4/h5-8H2,1-4H3. The summed E-state index contributed by atoms with van der Waals surface area (Å²) in [6.45, 7) is 7.60. The second kappa shape index (κ2) is 4.96. The average molecular weight is 208 g/mol. The van der Waals surface area contributed by atoms with E-state index in [9.17, 15) is 8.42 Å². The molecule has 0 aliphatic heterocycles. The molecule has 0 atom stereocenters. The van der Waals surface area contributed by atoms with Crippen molar-refractivity contribution in [2.24, 2.45) is 0 Å². The molecule has 13 heavy (non-hydrogen) atoms. The first-order valence-electron chi connectivity index (χ1n) is 4.88. The van der Waals surface area contributed by atoms with Gasteiger partial charge in [0.05, 0.1) is 11.4 Å². The number of rotatable bonds is 6. The molecule has 0 aromatic rings. The highest BCUT2D eigenvalue weighted by Crippen LogP contribution is 2.30. The van der Waals surface area contributed by atoms with Gasteiger partial charge in [0.25, 0.3) is 10.1 Å². The highest BCUT2D eigenvalue weighted by molar-refractivity contribution is 7.88. The van der Waals surface area contributed by atoms with Crippen LogP contribution in [0.1, 0.15) is 47.0 Å². The molecule has 4 heteroatoms. The summed E-state index contributed by atoms with van der Waals surface area (Å²) in [7, 11) is -3.38. The summed E-state index contributed by atoms with van der Waals surface area (Å²) in [4.78, 5) is 0. The van der Waals surface area contributed by atoms with E-state index in [0.717, 1.165) is 0 Å². The third kappa shape index (κ3) is 2.44. The molecule has 0 aromatic heterocycles. The van der Waals surface area contributed by atoms with Crippen LogP contribution in [0.3, 0.4) is 0 Å². The zero-order chi connectivity index (χ0) is 10.5. The van der Waals surface area contributed by atoms with Crippen LogP contribution < -0.4 is 0 Å². The Kier molecular flexibility index (Phi) is 4.92. The molecule has 0 bridgehead atoms. The maximum absolute atomic E-state index is 11.7. The minimum Gasteiger partial charge on any atom is -0.270 e. The average Bonchev–Trinajstić information content (AvgIpc) is 2.07. The van der Waals surface area contributed by atoms with E-state index in [1.165, 1.54) is 0 Å². The smallest absolute Gasteiger partial charge is 0.270 e. The van der Waals surface area contributed by atoms with Crippen molar-refractivity contribution in [1.82, 2.24) is 0 Å². The molecule has 0 unspecified atom stereocenters. The molecule has 0 fully saturated rings. The van der Waals surface area contributed by atoms with Gasteiger partial charge in [-0.15, -0.1) is 0 Å². The first kappa shape index (κ1) is 12.9. The quantitative estimate of drug-likeness (QED) is 0.629. The van der Waals surface area contributed by atoms with E-state index < -0.39 is 14.9 Å². The number of hydrogen-bond donors (Lipinski definition) is 0. The lowest BCUT2D eigenvalue weighted by atomic mass is 9.99. The van der Waals surface area contributed by atoms with E-state index in [1.54, 1.807) is 6.92 Å². The Morgan fingerprint density at radius 2 is 1.38 bits per heavy atom. The highest BCUT2D eigenvalue weighted by Gasteiger charge is 2.39. The summed E-state index contributed by atoms with van der Waals surface area (Å²) in [5.74, 6) is 0. The SMILES string of the molecule is CCOS(=O)(=O)C(CC)(CC)CC. The Hall–Kier alpha value is -0.0900. The van der Waals surface area contributed by atoms with Crippen molar-refractivity contribution in [2.75, 3.05) is 6.61 Å². The van der Waals surface area contributed by atoms with Crippen molar-refractivity contribution < 1.29 is 12.6 Å². The van der Waals surface area contributed by atoms with E-state index in [2.05, 4.69) is 0 Å². The zero-order valence-electron chi connectivity index (χ0n) is 8.96. The molecule has 0 radical (unpaired) electrons. The van der Waals surface area contributed by atoms with Gasteiger partial charge < -0.3 is 0 Å². The summed E-state index contributed by atoms with van der Waals surface area (Å²) in [5.41, 5.74) is 0. The minimum absolute atomic E-state index is 0.226. The molecule has 0 rings (SSSR count). The van der Waals surface area contributed by atoms with Gasteiger partial charge in [0.2, 0.25) is 0 Å². The minimum atomic E-state index is -3.38. The molecule has 3 nitrogen and oxygen atoms in total. The van der Waals surface area contributed by atoms with Crippen LogP contribution >= 0.6 is 0 Å². The summed E-state index contributed by atoms with van der Waals surface area (Å²) >= 11 is 0. The van der Waals surface area contributed by atoms with Gasteiger partial charge in [-0.2, -0.15) is 8.42 Å². The van der Waals surface area contributed by atoms with E-state index in [1.807, 2.05) is 20.8 Å². The fraction of sp³-hybridized carbons (Fsp3) is 1.00. The summed E-state index contributed by atoms with van der Waals surface area (Å²) < 4.78 is 27.6. The lowest BCUT2D eigenvalue weighted by Gasteiger charge is -2.28. The Balaban J connectivity index is 4.93. The van der Waals surface area contributed by atoms with E-state index in [-0.39, 0.29) is 6.61 Å². The van der Waals surface area contributed by atoms with Crippen LogP contribution in [-0.2, 0) is 14.3 Å². The zero-order valence-corrected chi connectivity index (χ0v) is 9.78. The van der Waals surface area contributed by atoms with Crippen LogP contribution in [0.15, 0.2) is 0 Å². The predicted molar refractivity (Wildman–Crippen MR) is 54.1 cm³/mol. The molecule has 0 saturated carbocycles. The molecule has 0 aliphatic rings. The molecule has 80 valence electrons.